The van der Waals surface area contributed by atoms with Gasteiger partial charge < -0.3 is 29.4 Å². The maximum absolute atomic E-state index is 15.4. The van der Waals surface area contributed by atoms with Gasteiger partial charge >= 0.3 is 34.8 Å². The molecule has 1 aliphatic heterocycles. The molecule has 1 aliphatic rings. The van der Waals surface area contributed by atoms with Crippen molar-refractivity contribution in [3.63, 3.8) is 0 Å². The summed E-state index contributed by atoms with van der Waals surface area (Å²) < 4.78 is 66.0. The Morgan fingerprint density at radius 2 is 1.88 bits per heavy atom. The summed E-state index contributed by atoms with van der Waals surface area (Å²) in [6.07, 6.45) is -5.54. The first-order chi connectivity index (χ1) is 14.5. The molecule has 0 bridgehead atoms. The molecule has 6 N–H and O–H groups in total. The van der Waals surface area contributed by atoms with E-state index in [0.717, 1.165) is 0 Å². The number of nitrogens with zero attached hydrogens (tertiary/aromatic N) is 2. The van der Waals surface area contributed by atoms with Crippen LogP contribution < -0.4 is 11.4 Å². The highest BCUT2D eigenvalue weighted by Gasteiger charge is 2.58. The van der Waals surface area contributed by atoms with Crippen molar-refractivity contribution in [3.05, 3.63) is 27.3 Å². The van der Waals surface area contributed by atoms with Gasteiger partial charge in [0, 0.05) is 0 Å². The third-order valence-electron chi connectivity index (χ3n) is 3.58. The predicted octanol–water partition coefficient (Wildman–Crippen LogP) is -1.74. The molecule has 0 radical (unpaired) electrons. The SMILES string of the molecule is CC#CC1(F)[C@@H](O)[C@@H](COP(=O)(O)OP(=O)(O)OP(=O)(O)O)O[C@H]1n1cnc(=O)[nH]c1=O. The van der Waals surface area contributed by atoms with Crippen LogP contribution in [0.25, 0.3) is 0 Å². The van der Waals surface area contributed by atoms with Gasteiger partial charge in [0.25, 0.3) is 0 Å². The first-order valence-corrected chi connectivity index (χ1v) is 12.4. The number of alkyl halides is 1. The second kappa shape index (κ2) is 9.35. The number of aromatic nitrogens is 3. The van der Waals surface area contributed by atoms with E-state index in [1.807, 2.05) is 5.92 Å². The van der Waals surface area contributed by atoms with E-state index in [4.69, 9.17) is 19.4 Å². The number of aliphatic hydroxyl groups excluding tert-OH is 1. The summed E-state index contributed by atoms with van der Waals surface area (Å²) in [5.41, 5.74) is -5.29. The van der Waals surface area contributed by atoms with Crippen molar-refractivity contribution in [1.29, 1.82) is 0 Å². The van der Waals surface area contributed by atoms with Crippen LogP contribution >= 0.6 is 23.5 Å². The van der Waals surface area contributed by atoms with E-state index in [2.05, 4.69) is 24.0 Å². The fourth-order valence-electron chi connectivity index (χ4n) is 2.47. The van der Waals surface area contributed by atoms with Crippen LogP contribution in [-0.2, 0) is 31.6 Å². The number of aliphatic hydroxyl groups is 1. The quantitative estimate of drug-likeness (QED) is 0.163. The Kier molecular flexibility index (Phi) is 7.80. The molecular formula is C11H15FN3O14P3. The lowest BCUT2D eigenvalue weighted by molar-refractivity contribution is -0.0540. The topological polar surface area (TPSA) is 257 Å². The maximum Gasteiger partial charge on any atom is 0.490 e. The average Bonchev–Trinajstić information content (AvgIpc) is 2.82. The molecule has 1 aromatic rings. The number of aromatic amines is 1. The average molecular weight is 525 g/mol. The summed E-state index contributed by atoms with van der Waals surface area (Å²) in [6.45, 7) is -0.0393. The molecule has 2 heterocycles. The van der Waals surface area contributed by atoms with E-state index >= 15 is 4.39 Å². The monoisotopic (exact) mass is 525 g/mol. The number of hydrogen-bond donors (Lipinski definition) is 6. The van der Waals surface area contributed by atoms with Crippen LogP contribution in [-0.4, -0.2) is 63.7 Å². The van der Waals surface area contributed by atoms with Crippen LogP contribution in [0.3, 0.4) is 0 Å². The summed E-state index contributed by atoms with van der Waals surface area (Å²) in [5.74, 6) is 4.13. The van der Waals surface area contributed by atoms with Crippen molar-refractivity contribution in [1.82, 2.24) is 14.5 Å². The van der Waals surface area contributed by atoms with Crippen LogP contribution in [0.1, 0.15) is 13.2 Å². The first kappa shape index (κ1) is 26.7. The van der Waals surface area contributed by atoms with E-state index in [0.29, 0.717) is 10.9 Å². The zero-order valence-electron chi connectivity index (χ0n) is 15.5. The van der Waals surface area contributed by atoms with Crippen LogP contribution in [0.2, 0.25) is 0 Å². The number of halogens is 1. The Labute approximate surface area is 176 Å². The van der Waals surface area contributed by atoms with Gasteiger partial charge in [-0.15, -0.1) is 5.92 Å². The van der Waals surface area contributed by atoms with E-state index in [9.17, 15) is 33.3 Å². The molecule has 1 fully saturated rings. The molecule has 21 heteroatoms. The zero-order chi connectivity index (χ0) is 24.5. The number of H-pyrrole nitrogens is 1. The van der Waals surface area contributed by atoms with Gasteiger partial charge in [0.15, 0.2) is 6.23 Å². The number of hydrogen-bond acceptors (Lipinski definition) is 11. The standard InChI is InChI=1S/C11H15FN3O14P3/c1-2-3-11(12)7(16)6(27-8(11)15-5-13-9(17)14-10(15)18)4-26-31(22,23)29-32(24,25)28-30(19,20)21/h5-8,16H,4H2,1H3,(H,22,23)(H,24,25)(H,14,17,18)(H2,19,20,21)/t6-,7+,8-,11?/m1/s1. The number of phosphoric acid groups is 3. The molecule has 0 aliphatic carbocycles. The first-order valence-electron chi connectivity index (χ1n) is 7.92. The largest absolute Gasteiger partial charge is 0.490 e. The van der Waals surface area contributed by atoms with E-state index in [-0.39, 0.29) is 0 Å². The molecule has 17 nitrogen and oxygen atoms in total. The molecule has 32 heavy (non-hydrogen) atoms. The van der Waals surface area contributed by atoms with Gasteiger partial charge in [0.1, 0.15) is 18.5 Å². The molecule has 0 saturated carbocycles. The molecule has 0 aromatic carbocycles. The Morgan fingerprint density at radius 1 is 1.25 bits per heavy atom. The molecule has 2 rings (SSSR count). The number of nitrogens with one attached hydrogen (secondary N) is 1. The van der Waals surface area contributed by atoms with Crippen LogP contribution in [0.15, 0.2) is 15.9 Å². The van der Waals surface area contributed by atoms with Crippen molar-refractivity contribution < 1.29 is 60.6 Å². The molecular weight excluding hydrogens is 510 g/mol. The minimum absolute atomic E-state index is 0.430. The zero-order valence-corrected chi connectivity index (χ0v) is 18.2. The number of phosphoric ester groups is 1. The summed E-state index contributed by atoms with van der Waals surface area (Å²) in [4.78, 5) is 63.5. The van der Waals surface area contributed by atoms with E-state index < -0.39 is 65.6 Å². The van der Waals surface area contributed by atoms with Crippen molar-refractivity contribution in [2.75, 3.05) is 6.61 Å². The summed E-state index contributed by atoms with van der Waals surface area (Å²) in [5, 5.41) is 10.3. The van der Waals surface area contributed by atoms with Crippen molar-refractivity contribution in [3.8, 4) is 11.8 Å². The van der Waals surface area contributed by atoms with Gasteiger partial charge in [-0.1, -0.05) is 5.92 Å². The minimum atomic E-state index is -5.81. The molecule has 1 aromatic heterocycles. The van der Waals surface area contributed by atoms with Gasteiger partial charge in [-0.3, -0.25) is 14.1 Å². The molecule has 3 unspecified atom stereocenters. The number of ether oxygens (including phenoxy) is 1. The highest BCUT2D eigenvalue weighted by molar-refractivity contribution is 7.66. The summed E-state index contributed by atoms with van der Waals surface area (Å²) in [7, 11) is -17.0. The Balaban J connectivity index is 2.24. The Bertz CT molecular complexity index is 1180. The minimum Gasteiger partial charge on any atom is -0.386 e. The normalized spacial score (nSPS) is 29.5. The van der Waals surface area contributed by atoms with Gasteiger partial charge in [0.05, 0.1) is 6.61 Å². The van der Waals surface area contributed by atoms with Gasteiger partial charge in [-0.05, 0) is 6.92 Å². The Hall–Kier alpha value is -1.57. The highest BCUT2D eigenvalue weighted by Crippen LogP contribution is 2.66. The summed E-state index contributed by atoms with van der Waals surface area (Å²) >= 11 is 0. The van der Waals surface area contributed by atoms with Crippen LogP contribution in [0.4, 0.5) is 4.39 Å². The fraction of sp³-hybridized carbons (Fsp3) is 0.545. The predicted molar refractivity (Wildman–Crippen MR) is 96.1 cm³/mol. The van der Waals surface area contributed by atoms with E-state index in [1.54, 1.807) is 4.98 Å². The lowest BCUT2D eigenvalue weighted by atomic mass is 9.96. The van der Waals surface area contributed by atoms with Crippen molar-refractivity contribution >= 4 is 23.5 Å². The highest BCUT2D eigenvalue weighted by atomic mass is 31.3. The van der Waals surface area contributed by atoms with Gasteiger partial charge in [-0.25, -0.2) is 27.7 Å². The van der Waals surface area contributed by atoms with Crippen molar-refractivity contribution in [2.24, 2.45) is 0 Å². The Morgan fingerprint density at radius 3 is 2.41 bits per heavy atom. The smallest absolute Gasteiger partial charge is 0.386 e. The van der Waals surface area contributed by atoms with Gasteiger partial charge in [0.2, 0.25) is 5.67 Å². The van der Waals surface area contributed by atoms with Crippen molar-refractivity contribution in [2.45, 2.75) is 31.0 Å². The molecule has 1 saturated heterocycles. The fourth-order valence-corrected chi connectivity index (χ4v) is 5.50. The third-order valence-corrected chi connectivity index (χ3v) is 7.38. The second-order valence-corrected chi connectivity index (χ2v) is 10.3. The van der Waals surface area contributed by atoms with Gasteiger partial charge in [-0.2, -0.15) is 13.6 Å². The summed E-state index contributed by atoms with van der Waals surface area (Å²) in [6, 6.07) is 0. The lowest BCUT2D eigenvalue weighted by Gasteiger charge is -2.23. The maximum atomic E-state index is 15.4. The lowest BCUT2D eigenvalue weighted by Crippen LogP contribution is -2.45. The number of rotatable bonds is 8. The van der Waals surface area contributed by atoms with Crippen LogP contribution in [0.5, 0.6) is 0 Å². The second-order valence-electron chi connectivity index (χ2n) is 5.89. The van der Waals surface area contributed by atoms with Crippen LogP contribution in [0, 0.1) is 11.8 Å². The molecule has 6 atom stereocenters. The third kappa shape index (κ3) is 6.49. The molecule has 0 amide bonds. The molecule has 180 valence electrons. The molecule has 0 spiro atoms. The van der Waals surface area contributed by atoms with E-state index in [1.165, 1.54) is 6.92 Å².